The maximum Gasteiger partial charge on any atom is 0.306 e. The molecule has 1 fully saturated rings. The van der Waals surface area contributed by atoms with E-state index in [0.717, 1.165) is 38.5 Å². The van der Waals surface area contributed by atoms with Crippen LogP contribution in [0.15, 0.2) is 36.4 Å². The van der Waals surface area contributed by atoms with E-state index in [0.29, 0.717) is 29.5 Å². The first-order chi connectivity index (χ1) is 14.8. The smallest absolute Gasteiger partial charge is 0.306 e. The van der Waals surface area contributed by atoms with E-state index in [1.54, 1.807) is 12.1 Å². The lowest BCUT2D eigenvalue weighted by molar-refractivity contribution is -0.147. The monoisotopic (exact) mass is 452 g/mol. The molecule has 4 atom stereocenters. The summed E-state index contributed by atoms with van der Waals surface area (Å²) in [7, 11) is 0. The molecular weight excluding hydrogens is 416 g/mol. The van der Waals surface area contributed by atoms with Crippen molar-refractivity contribution in [3.63, 3.8) is 0 Å². The maximum absolute atomic E-state index is 11.5. The molecule has 1 aliphatic rings. The molecule has 0 radical (unpaired) electrons. The number of carbonyl (C=O) groups is 1. The highest BCUT2D eigenvalue weighted by atomic mass is 35.5. The van der Waals surface area contributed by atoms with Gasteiger partial charge >= 0.3 is 5.97 Å². The molecule has 0 saturated heterocycles. The zero-order chi connectivity index (χ0) is 22.6. The lowest BCUT2D eigenvalue weighted by Gasteiger charge is -2.22. The summed E-state index contributed by atoms with van der Waals surface area (Å²) in [6.07, 6.45) is 9.57. The molecule has 0 heterocycles. The summed E-state index contributed by atoms with van der Waals surface area (Å²) in [4.78, 5) is 11.5. The molecule has 0 aliphatic heterocycles. The van der Waals surface area contributed by atoms with Gasteiger partial charge in [-0.05, 0) is 88.8 Å². The highest BCUT2D eigenvalue weighted by molar-refractivity contribution is 6.30. The van der Waals surface area contributed by atoms with Crippen LogP contribution in [0.5, 0.6) is 5.75 Å². The SMILES string of the molecule is CC(C)OC(=O)CCC/C=C\C[C@H]1CC[C@@H](O)[C@@H]1CC[C@@H](O)COc1cccc(Cl)c1. The highest BCUT2D eigenvalue weighted by Gasteiger charge is 2.34. The highest BCUT2D eigenvalue weighted by Crippen LogP contribution is 2.38. The van der Waals surface area contributed by atoms with Crippen molar-refractivity contribution >= 4 is 17.6 Å². The van der Waals surface area contributed by atoms with E-state index in [4.69, 9.17) is 21.1 Å². The van der Waals surface area contributed by atoms with E-state index in [2.05, 4.69) is 12.2 Å². The Kier molecular flexibility index (Phi) is 11.4. The van der Waals surface area contributed by atoms with Gasteiger partial charge in [-0.3, -0.25) is 4.79 Å². The minimum absolute atomic E-state index is 0.0595. The first-order valence-electron chi connectivity index (χ1n) is 11.4. The molecule has 1 aromatic rings. The average Bonchev–Trinajstić information content (AvgIpc) is 3.06. The van der Waals surface area contributed by atoms with Crippen LogP contribution < -0.4 is 4.74 Å². The molecule has 1 saturated carbocycles. The minimum atomic E-state index is -0.575. The second kappa shape index (κ2) is 13.8. The Morgan fingerprint density at radius 2 is 2.10 bits per heavy atom. The molecular formula is C25H37ClO5. The molecule has 0 amide bonds. The summed E-state index contributed by atoms with van der Waals surface area (Å²) in [5.74, 6) is 1.14. The fourth-order valence-electron chi connectivity index (χ4n) is 4.14. The van der Waals surface area contributed by atoms with Crippen molar-refractivity contribution in [3.05, 3.63) is 41.4 Å². The van der Waals surface area contributed by atoms with Gasteiger partial charge < -0.3 is 19.7 Å². The third kappa shape index (κ3) is 10.1. The number of rotatable bonds is 13. The predicted octanol–water partition coefficient (Wildman–Crippen LogP) is 5.32. The predicted molar refractivity (Wildman–Crippen MR) is 123 cm³/mol. The van der Waals surface area contributed by atoms with E-state index in [9.17, 15) is 15.0 Å². The number of benzene rings is 1. The van der Waals surface area contributed by atoms with E-state index in [-0.39, 0.29) is 30.7 Å². The molecule has 0 unspecified atom stereocenters. The second-order valence-electron chi connectivity index (χ2n) is 8.71. The van der Waals surface area contributed by atoms with Gasteiger partial charge in [0.05, 0.1) is 18.3 Å². The molecule has 0 bridgehead atoms. The number of aliphatic hydroxyl groups is 2. The molecule has 174 valence electrons. The molecule has 0 spiro atoms. The van der Waals surface area contributed by atoms with Gasteiger partial charge in [0.2, 0.25) is 0 Å². The third-order valence-electron chi connectivity index (χ3n) is 5.73. The van der Waals surface area contributed by atoms with Gasteiger partial charge in [0.25, 0.3) is 0 Å². The quantitative estimate of drug-likeness (QED) is 0.241. The number of carbonyl (C=O) groups excluding carboxylic acids is 1. The number of hydrogen-bond donors (Lipinski definition) is 2. The number of hydrogen-bond acceptors (Lipinski definition) is 5. The van der Waals surface area contributed by atoms with Crippen LogP contribution in [0.1, 0.15) is 65.2 Å². The summed E-state index contributed by atoms with van der Waals surface area (Å²) >= 11 is 5.94. The molecule has 2 N–H and O–H groups in total. The van der Waals surface area contributed by atoms with Crippen molar-refractivity contribution in [3.8, 4) is 5.75 Å². The molecule has 31 heavy (non-hydrogen) atoms. The number of aliphatic hydroxyl groups excluding tert-OH is 2. The maximum atomic E-state index is 11.5. The zero-order valence-corrected chi connectivity index (χ0v) is 19.5. The van der Waals surface area contributed by atoms with Gasteiger partial charge in [-0.25, -0.2) is 0 Å². The van der Waals surface area contributed by atoms with Gasteiger partial charge in [-0.1, -0.05) is 29.8 Å². The van der Waals surface area contributed by atoms with Crippen LogP contribution in [0.2, 0.25) is 5.02 Å². The van der Waals surface area contributed by atoms with Gasteiger partial charge in [0.1, 0.15) is 12.4 Å². The van der Waals surface area contributed by atoms with Crippen LogP contribution >= 0.6 is 11.6 Å². The number of halogens is 1. The Labute approximate surface area is 191 Å². The fraction of sp³-hybridized carbons (Fsp3) is 0.640. The number of ether oxygens (including phenoxy) is 2. The van der Waals surface area contributed by atoms with Crippen molar-refractivity contribution in [2.24, 2.45) is 11.8 Å². The summed E-state index contributed by atoms with van der Waals surface area (Å²) in [5.41, 5.74) is 0. The fourth-order valence-corrected chi connectivity index (χ4v) is 4.32. The van der Waals surface area contributed by atoms with Gasteiger partial charge in [-0.15, -0.1) is 0 Å². The molecule has 1 aromatic carbocycles. The lowest BCUT2D eigenvalue weighted by Crippen LogP contribution is -2.24. The van der Waals surface area contributed by atoms with Crippen LogP contribution in [-0.4, -0.2) is 41.1 Å². The van der Waals surface area contributed by atoms with Crippen LogP contribution in [0.3, 0.4) is 0 Å². The normalized spacial score (nSPS) is 22.2. The van der Waals surface area contributed by atoms with E-state index in [1.165, 1.54) is 0 Å². The van der Waals surface area contributed by atoms with Crippen molar-refractivity contribution in [1.82, 2.24) is 0 Å². The zero-order valence-electron chi connectivity index (χ0n) is 18.7. The van der Waals surface area contributed by atoms with E-state index < -0.39 is 6.10 Å². The minimum Gasteiger partial charge on any atom is -0.491 e. The van der Waals surface area contributed by atoms with Crippen molar-refractivity contribution in [1.29, 1.82) is 0 Å². The van der Waals surface area contributed by atoms with Crippen molar-refractivity contribution < 1.29 is 24.5 Å². The molecule has 6 heteroatoms. The van der Waals surface area contributed by atoms with Crippen molar-refractivity contribution in [2.75, 3.05) is 6.61 Å². The number of unbranched alkanes of at least 4 members (excludes halogenated alkanes) is 1. The largest absolute Gasteiger partial charge is 0.491 e. The van der Waals surface area contributed by atoms with Crippen molar-refractivity contribution in [2.45, 2.75) is 83.5 Å². The Balaban J connectivity index is 1.66. The van der Waals surface area contributed by atoms with E-state index >= 15 is 0 Å². The summed E-state index contributed by atoms with van der Waals surface area (Å²) < 4.78 is 10.7. The Bertz CT molecular complexity index is 690. The summed E-state index contributed by atoms with van der Waals surface area (Å²) in [6, 6.07) is 7.13. The third-order valence-corrected chi connectivity index (χ3v) is 5.96. The first kappa shape index (κ1) is 25.7. The van der Waals surface area contributed by atoms with Gasteiger partial charge in [-0.2, -0.15) is 0 Å². The lowest BCUT2D eigenvalue weighted by atomic mass is 9.87. The second-order valence-corrected chi connectivity index (χ2v) is 9.14. The molecule has 1 aliphatic carbocycles. The Hall–Kier alpha value is -1.56. The van der Waals surface area contributed by atoms with Crippen LogP contribution in [-0.2, 0) is 9.53 Å². The van der Waals surface area contributed by atoms with E-state index in [1.807, 2.05) is 26.0 Å². The van der Waals surface area contributed by atoms with Gasteiger partial charge in [0.15, 0.2) is 0 Å². The Morgan fingerprint density at radius 3 is 2.84 bits per heavy atom. The topological polar surface area (TPSA) is 76.0 Å². The standard InChI is InChI=1S/C25H37ClO5/c1-18(2)31-25(29)11-6-4-3-5-8-19-12-15-24(28)23(19)14-13-21(27)17-30-22-10-7-9-20(26)16-22/h3,5,7,9-10,16,18-19,21,23-24,27-28H,4,6,8,11-15,17H2,1-2H3/b5-3-/t19-,21+,23+,24+/m0/s1. The number of esters is 1. The Morgan fingerprint density at radius 1 is 1.29 bits per heavy atom. The van der Waals surface area contributed by atoms with Gasteiger partial charge in [0, 0.05) is 11.4 Å². The van der Waals surface area contributed by atoms with Crippen LogP contribution in [0.4, 0.5) is 0 Å². The van der Waals surface area contributed by atoms with Crippen LogP contribution in [0.25, 0.3) is 0 Å². The molecule has 2 rings (SSSR count). The summed E-state index contributed by atoms with van der Waals surface area (Å²) in [6.45, 7) is 3.93. The molecule has 5 nitrogen and oxygen atoms in total. The molecule has 0 aromatic heterocycles. The number of allylic oxidation sites excluding steroid dienone is 2. The average molecular weight is 453 g/mol. The summed E-state index contributed by atoms with van der Waals surface area (Å²) in [5, 5.41) is 21.3. The van der Waals surface area contributed by atoms with Crippen LogP contribution in [0, 0.1) is 11.8 Å². The first-order valence-corrected chi connectivity index (χ1v) is 11.8.